The zero-order valence-corrected chi connectivity index (χ0v) is 13.6. The van der Waals surface area contributed by atoms with Crippen molar-refractivity contribution in [1.29, 1.82) is 0 Å². The molecule has 0 saturated heterocycles. The Morgan fingerprint density at radius 2 is 1.42 bits per heavy atom. The average Bonchev–Trinajstić information content (AvgIpc) is 2.59. The van der Waals surface area contributed by atoms with Gasteiger partial charge >= 0.3 is 5.97 Å². The van der Waals surface area contributed by atoms with Crippen LogP contribution in [0.5, 0.6) is 0 Å². The van der Waals surface area contributed by atoms with Crippen LogP contribution in [0, 0.1) is 0 Å². The third-order valence-corrected chi connectivity index (χ3v) is 5.70. The smallest absolute Gasteiger partial charge is 0.332 e. The minimum Gasteiger partial charge on any atom is -0.443 e. The third kappa shape index (κ3) is 2.65. The zero-order chi connectivity index (χ0) is 17.4. The SMILES string of the molecule is CC1(c2ccc(S(=O)(=O)c3ccccc3)cc2)OC(=O)C=CC1=O. The van der Waals surface area contributed by atoms with Crippen molar-refractivity contribution in [1.82, 2.24) is 0 Å². The van der Waals surface area contributed by atoms with E-state index in [9.17, 15) is 18.0 Å². The monoisotopic (exact) mass is 342 g/mol. The summed E-state index contributed by atoms with van der Waals surface area (Å²) in [6.07, 6.45) is 2.23. The van der Waals surface area contributed by atoms with Gasteiger partial charge in [-0.1, -0.05) is 30.3 Å². The Morgan fingerprint density at radius 3 is 2.04 bits per heavy atom. The van der Waals surface area contributed by atoms with E-state index in [-0.39, 0.29) is 15.6 Å². The number of carbonyl (C=O) groups is 2. The molecule has 24 heavy (non-hydrogen) atoms. The lowest BCUT2D eigenvalue weighted by molar-refractivity contribution is -0.162. The largest absolute Gasteiger partial charge is 0.443 e. The van der Waals surface area contributed by atoms with Gasteiger partial charge in [-0.15, -0.1) is 0 Å². The second-order valence-electron chi connectivity index (χ2n) is 5.49. The molecule has 1 aliphatic heterocycles. The molecule has 1 atom stereocenters. The predicted octanol–water partition coefficient (Wildman–Crippen LogP) is 2.42. The molecule has 6 heteroatoms. The van der Waals surface area contributed by atoms with Crippen LogP contribution in [0.25, 0.3) is 0 Å². The Balaban J connectivity index is 1.99. The summed E-state index contributed by atoms with van der Waals surface area (Å²) in [4.78, 5) is 23.8. The number of benzene rings is 2. The summed E-state index contributed by atoms with van der Waals surface area (Å²) in [7, 11) is -3.64. The van der Waals surface area contributed by atoms with Gasteiger partial charge in [0, 0.05) is 11.6 Å². The maximum Gasteiger partial charge on any atom is 0.332 e. The highest BCUT2D eigenvalue weighted by molar-refractivity contribution is 7.91. The van der Waals surface area contributed by atoms with Gasteiger partial charge in [-0.05, 0) is 37.3 Å². The molecule has 0 aliphatic carbocycles. The lowest BCUT2D eigenvalue weighted by atomic mass is 9.89. The van der Waals surface area contributed by atoms with Gasteiger partial charge in [0.25, 0.3) is 0 Å². The molecule has 2 aromatic carbocycles. The third-order valence-electron chi connectivity index (χ3n) is 3.91. The van der Waals surface area contributed by atoms with E-state index in [2.05, 4.69) is 0 Å². The molecule has 0 radical (unpaired) electrons. The van der Waals surface area contributed by atoms with E-state index in [4.69, 9.17) is 4.74 Å². The molecule has 1 heterocycles. The summed E-state index contributed by atoms with van der Waals surface area (Å²) in [6, 6.07) is 13.8. The minimum absolute atomic E-state index is 0.103. The van der Waals surface area contributed by atoms with Crippen molar-refractivity contribution in [2.75, 3.05) is 0 Å². The van der Waals surface area contributed by atoms with Crippen molar-refractivity contribution >= 4 is 21.6 Å². The van der Waals surface area contributed by atoms with Crippen LogP contribution in [-0.2, 0) is 29.8 Å². The van der Waals surface area contributed by atoms with Crippen molar-refractivity contribution in [2.24, 2.45) is 0 Å². The summed E-state index contributed by atoms with van der Waals surface area (Å²) in [6.45, 7) is 1.48. The van der Waals surface area contributed by atoms with Gasteiger partial charge in [0.15, 0.2) is 5.60 Å². The van der Waals surface area contributed by atoms with Gasteiger partial charge in [0.2, 0.25) is 15.6 Å². The molecule has 2 aromatic rings. The number of rotatable bonds is 3. The first-order chi connectivity index (χ1) is 11.3. The van der Waals surface area contributed by atoms with Crippen LogP contribution in [0.3, 0.4) is 0 Å². The van der Waals surface area contributed by atoms with Crippen molar-refractivity contribution < 1.29 is 22.7 Å². The first-order valence-electron chi connectivity index (χ1n) is 7.20. The molecular formula is C18H14O5S. The van der Waals surface area contributed by atoms with Gasteiger partial charge < -0.3 is 4.74 Å². The van der Waals surface area contributed by atoms with Crippen LogP contribution in [0.2, 0.25) is 0 Å². The Morgan fingerprint density at radius 1 is 0.833 bits per heavy atom. The van der Waals surface area contributed by atoms with E-state index in [1.165, 1.54) is 49.4 Å². The van der Waals surface area contributed by atoms with Gasteiger partial charge in [-0.25, -0.2) is 13.2 Å². The molecule has 0 aromatic heterocycles. The minimum atomic E-state index is -3.64. The van der Waals surface area contributed by atoms with Crippen molar-refractivity contribution in [3.05, 3.63) is 72.3 Å². The molecule has 0 bridgehead atoms. The summed E-state index contributed by atoms with van der Waals surface area (Å²) in [5.74, 6) is -0.987. The number of esters is 1. The standard InChI is InChI=1S/C18H14O5S/c1-18(16(19)11-12-17(20)23-18)13-7-9-15(10-8-13)24(21,22)14-5-3-2-4-6-14/h2-12H,1H3. The molecule has 1 unspecified atom stereocenters. The van der Waals surface area contributed by atoms with Gasteiger partial charge in [0.1, 0.15) is 0 Å². The highest BCUT2D eigenvalue weighted by Gasteiger charge is 2.40. The van der Waals surface area contributed by atoms with Crippen molar-refractivity contribution in [2.45, 2.75) is 22.3 Å². The van der Waals surface area contributed by atoms with E-state index in [0.717, 1.165) is 6.08 Å². The summed E-state index contributed by atoms with van der Waals surface area (Å²) < 4.78 is 30.3. The lowest BCUT2D eigenvalue weighted by Crippen LogP contribution is -2.39. The van der Waals surface area contributed by atoms with E-state index in [0.29, 0.717) is 5.56 Å². The van der Waals surface area contributed by atoms with Crippen LogP contribution >= 0.6 is 0 Å². The topological polar surface area (TPSA) is 77.5 Å². The highest BCUT2D eigenvalue weighted by Crippen LogP contribution is 2.31. The molecule has 0 fully saturated rings. The van der Waals surface area contributed by atoms with E-state index < -0.39 is 21.4 Å². The highest BCUT2D eigenvalue weighted by atomic mass is 32.2. The number of hydrogen-bond acceptors (Lipinski definition) is 5. The van der Waals surface area contributed by atoms with Crippen LogP contribution in [-0.4, -0.2) is 20.2 Å². The summed E-state index contributed by atoms with van der Waals surface area (Å²) >= 11 is 0. The van der Waals surface area contributed by atoms with Crippen LogP contribution in [0.15, 0.2) is 76.5 Å². The Kier molecular flexibility index (Phi) is 3.85. The lowest BCUT2D eigenvalue weighted by Gasteiger charge is -2.29. The van der Waals surface area contributed by atoms with Gasteiger partial charge in [0.05, 0.1) is 9.79 Å². The van der Waals surface area contributed by atoms with Gasteiger partial charge in [-0.3, -0.25) is 4.79 Å². The molecule has 1 aliphatic rings. The molecule has 3 rings (SSSR count). The molecule has 122 valence electrons. The number of cyclic esters (lactones) is 1. The summed E-state index contributed by atoms with van der Waals surface area (Å²) in [5.41, 5.74) is -1.03. The normalized spacial score (nSPS) is 20.7. The molecule has 0 spiro atoms. The molecule has 0 amide bonds. The van der Waals surface area contributed by atoms with E-state index in [1.807, 2.05) is 0 Å². The number of sulfone groups is 1. The van der Waals surface area contributed by atoms with Crippen LogP contribution in [0.4, 0.5) is 0 Å². The second-order valence-corrected chi connectivity index (χ2v) is 7.44. The first-order valence-corrected chi connectivity index (χ1v) is 8.68. The quantitative estimate of drug-likeness (QED) is 0.801. The van der Waals surface area contributed by atoms with Gasteiger partial charge in [-0.2, -0.15) is 0 Å². The molecule has 5 nitrogen and oxygen atoms in total. The van der Waals surface area contributed by atoms with Crippen molar-refractivity contribution in [3.8, 4) is 0 Å². The maximum atomic E-state index is 12.6. The average molecular weight is 342 g/mol. The fourth-order valence-electron chi connectivity index (χ4n) is 2.48. The fraction of sp³-hybridized carbons (Fsp3) is 0.111. The molecular weight excluding hydrogens is 328 g/mol. The zero-order valence-electron chi connectivity index (χ0n) is 12.8. The number of ketones is 1. The van der Waals surface area contributed by atoms with Crippen LogP contribution in [0.1, 0.15) is 12.5 Å². The number of hydrogen-bond donors (Lipinski definition) is 0. The summed E-state index contributed by atoms with van der Waals surface area (Å²) in [5, 5.41) is 0. The number of ether oxygens (including phenoxy) is 1. The maximum absolute atomic E-state index is 12.6. The van der Waals surface area contributed by atoms with Crippen molar-refractivity contribution in [3.63, 3.8) is 0 Å². The first kappa shape index (κ1) is 16.1. The molecule has 0 N–H and O–H groups in total. The Labute approximate surface area is 139 Å². The van der Waals surface area contributed by atoms with E-state index in [1.54, 1.807) is 18.2 Å². The Bertz CT molecular complexity index is 927. The fourth-order valence-corrected chi connectivity index (χ4v) is 3.76. The predicted molar refractivity (Wildman–Crippen MR) is 85.9 cm³/mol. The Hall–Kier alpha value is -2.73. The van der Waals surface area contributed by atoms with Crippen LogP contribution < -0.4 is 0 Å². The second kappa shape index (κ2) is 5.72. The van der Waals surface area contributed by atoms with E-state index >= 15 is 0 Å². The molecule has 0 saturated carbocycles. The number of carbonyl (C=O) groups excluding carboxylic acids is 2.